The number of carbonyl (C=O) groups is 1. The number of pyridine rings is 1. The van der Waals surface area contributed by atoms with Crippen LogP contribution in [-0.2, 0) is 6.42 Å². The number of H-pyrrole nitrogens is 1. The van der Waals surface area contributed by atoms with Crippen LogP contribution in [0.1, 0.15) is 65.1 Å². The molecule has 2 aromatic carbocycles. The summed E-state index contributed by atoms with van der Waals surface area (Å²) in [5.74, 6) is -0.436. The van der Waals surface area contributed by atoms with Gasteiger partial charge < -0.3 is 10.1 Å². The molecule has 4 nitrogen and oxygen atoms in total. The third-order valence-electron chi connectivity index (χ3n) is 6.44. The maximum Gasteiger partial charge on any atom is 0.335 e. The second kappa shape index (κ2) is 8.38. The highest BCUT2D eigenvalue weighted by Gasteiger charge is 2.26. The fraction of sp³-hybridized carbons (Fsp3) is 0.259. The monoisotopic (exact) mass is 410 g/mol. The first-order valence-corrected chi connectivity index (χ1v) is 11.1. The summed E-state index contributed by atoms with van der Waals surface area (Å²) >= 11 is 0. The lowest BCUT2D eigenvalue weighted by Crippen LogP contribution is -2.07. The van der Waals surface area contributed by atoms with Crippen molar-refractivity contribution in [2.24, 2.45) is 0 Å². The molecular weight excluding hydrogens is 384 g/mol. The maximum atomic E-state index is 11.9. The van der Waals surface area contributed by atoms with Crippen LogP contribution in [0.5, 0.6) is 0 Å². The summed E-state index contributed by atoms with van der Waals surface area (Å²) in [5.41, 5.74) is 6.74. The van der Waals surface area contributed by atoms with Gasteiger partial charge in [-0.05, 0) is 66.1 Å². The Morgan fingerprint density at radius 1 is 1.00 bits per heavy atom. The van der Waals surface area contributed by atoms with Crippen molar-refractivity contribution in [1.82, 2.24) is 9.97 Å². The fourth-order valence-corrected chi connectivity index (χ4v) is 5.04. The SMILES string of the molecule is O=C(O)c1cc(Cc2ccccc2)c2c(C3CCCCC3)c(-c3ccccn3)[nH]c2c1. The first-order chi connectivity index (χ1) is 15.2. The molecule has 0 bridgehead atoms. The highest BCUT2D eigenvalue weighted by atomic mass is 16.4. The van der Waals surface area contributed by atoms with E-state index < -0.39 is 5.97 Å². The van der Waals surface area contributed by atoms with E-state index in [0.29, 0.717) is 17.9 Å². The van der Waals surface area contributed by atoms with E-state index in [2.05, 4.69) is 22.1 Å². The summed E-state index contributed by atoms with van der Waals surface area (Å²) in [6.45, 7) is 0. The van der Waals surface area contributed by atoms with Crippen LogP contribution in [-0.4, -0.2) is 21.0 Å². The normalized spacial score (nSPS) is 14.7. The molecule has 4 aromatic rings. The number of nitrogens with one attached hydrogen (secondary N) is 1. The lowest BCUT2D eigenvalue weighted by molar-refractivity contribution is 0.0697. The van der Waals surface area contributed by atoms with Crippen molar-refractivity contribution >= 4 is 16.9 Å². The number of hydrogen-bond acceptors (Lipinski definition) is 2. The van der Waals surface area contributed by atoms with Gasteiger partial charge in [-0.25, -0.2) is 4.79 Å². The highest BCUT2D eigenvalue weighted by Crippen LogP contribution is 2.43. The summed E-state index contributed by atoms with van der Waals surface area (Å²) in [5, 5.41) is 10.9. The molecule has 31 heavy (non-hydrogen) atoms. The van der Waals surface area contributed by atoms with E-state index in [1.54, 1.807) is 6.07 Å². The van der Waals surface area contributed by atoms with Crippen LogP contribution in [0.25, 0.3) is 22.3 Å². The van der Waals surface area contributed by atoms with E-state index in [-0.39, 0.29) is 0 Å². The number of nitrogens with zero attached hydrogens (tertiary/aromatic N) is 1. The van der Waals surface area contributed by atoms with E-state index in [0.717, 1.165) is 35.3 Å². The van der Waals surface area contributed by atoms with Gasteiger partial charge in [0.2, 0.25) is 0 Å². The number of rotatable bonds is 5. The zero-order valence-corrected chi connectivity index (χ0v) is 17.5. The number of aromatic amines is 1. The molecule has 5 rings (SSSR count). The van der Waals surface area contributed by atoms with Crippen molar-refractivity contribution in [1.29, 1.82) is 0 Å². The molecule has 2 N–H and O–H groups in total. The van der Waals surface area contributed by atoms with Gasteiger partial charge in [0.15, 0.2) is 0 Å². The van der Waals surface area contributed by atoms with Crippen molar-refractivity contribution in [3.05, 3.63) is 89.1 Å². The van der Waals surface area contributed by atoms with Gasteiger partial charge in [-0.1, -0.05) is 55.7 Å². The summed E-state index contributed by atoms with van der Waals surface area (Å²) in [4.78, 5) is 20.1. The molecule has 0 unspecified atom stereocenters. The predicted molar refractivity (Wildman–Crippen MR) is 124 cm³/mol. The van der Waals surface area contributed by atoms with Crippen LogP contribution in [0.15, 0.2) is 66.9 Å². The number of carboxylic acid groups (broad SMARTS) is 1. The molecule has 156 valence electrons. The molecule has 1 fully saturated rings. The quantitative estimate of drug-likeness (QED) is 0.391. The third kappa shape index (κ3) is 3.86. The van der Waals surface area contributed by atoms with Gasteiger partial charge in [-0.15, -0.1) is 0 Å². The molecule has 2 aromatic heterocycles. The van der Waals surface area contributed by atoms with Gasteiger partial charge in [0.25, 0.3) is 0 Å². The smallest absolute Gasteiger partial charge is 0.335 e. The molecule has 0 spiro atoms. The zero-order chi connectivity index (χ0) is 21.2. The van der Waals surface area contributed by atoms with Crippen molar-refractivity contribution in [3.63, 3.8) is 0 Å². The van der Waals surface area contributed by atoms with Crippen LogP contribution < -0.4 is 0 Å². The highest BCUT2D eigenvalue weighted by molar-refractivity contribution is 5.99. The second-order valence-corrected chi connectivity index (χ2v) is 8.49. The van der Waals surface area contributed by atoms with Gasteiger partial charge in [-0.2, -0.15) is 0 Å². The Bertz CT molecular complexity index is 1210. The van der Waals surface area contributed by atoms with Gasteiger partial charge >= 0.3 is 5.97 Å². The Balaban J connectivity index is 1.77. The van der Waals surface area contributed by atoms with Gasteiger partial charge in [0, 0.05) is 17.1 Å². The number of aromatic carboxylic acids is 1. The number of benzene rings is 2. The molecule has 0 saturated heterocycles. The van der Waals surface area contributed by atoms with Gasteiger partial charge in [-0.3, -0.25) is 4.98 Å². The Morgan fingerprint density at radius 2 is 1.77 bits per heavy atom. The largest absolute Gasteiger partial charge is 0.478 e. The van der Waals surface area contributed by atoms with Gasteiger partial charge in [0.1, 0.15) is 0 Å². The van der Waals surface area contributed by atoms with E-state index in [4.69, 9.17) is 0 Å². The Hall–Kier alpha value is -3.40. The molecule has 0 aliphatic heterocycles. The number of carboxylic acids is 1. The molecule has 0 radical (unpaired) electrons. The number of aromatic nitrogens is 2. The maximum absolute atomic E-state index is 11.9. The average molecular weight is 411 g/mol. The summed E-state index contributed by atoms with van der Waals surface area (Å²) in [7, 11) is 0. The van der Waals surface area contributed by atoms with Crippen LogP contribution in [0, 0.1) is 0 Å². The minimum absolute atomic E-state index is 0.322. The first kappa shape index (κ1) is 19.6. The van der Waals surface area contributed by atoms with Crippen molar-refractivity contribution in [2.45, 2.75) is 44.4 Å². The van der Waals surface area contributed by atoms with Gasteiger partial charge in [0.05, 0.1) is 17.0 Å². The first-order valence-electron chi connectivity index (χ1n) is 11.1. The number of hydrogen-bond donors (Lipinski definition) is 2. The molecule has 1 aliphatic carbocycles. The Labute approximate surface area is 182 Å². The minimum Gasteiger partial charge on any atom is -0.478 e. The molecule has 0 amide bonds. The van der Waals surface area contributed by atoms with Crippen LogP contribution in [0.2, 0.25) is 0 Å². The lowest BCUT2D eigenvalue weighted by Gasteiger charge is -2.23. The number of fused-ring (bicyclic) bond motifs is 1. The van der Waals surface area contributed by atoms with E-state index in [1.807, 2.05) is 48.7 Å². The molecule has 1 saturated carbocycles. The molecule has 1 aliphatic rings. The van der Waals surface area contributed by atoms with E-state index >= 15 is 0 Å². The predicted octanol–water partition coefficient (Wildman–Crippen LogP) is 6.57. The topological polar surface area (TPSA) is 66.0 Å². The standard InChI is InChI=1S/C27H26N2O2/c30-27(31)21-16-20(15-18-9-3-1-4-10-18)24-23(17-21)29-26(22-13-7-8-14-28-22)25(24)19-11-5-2-6-12-19/h1,3-4,7-10,13-14,16-17,19,29H,2,5-6,11-12,15H2,(H,30,31). The minimum atomic E-state index is -0.899. The molecule has 4 heteroatoms. The van der Waals surface area contributed by atoms with Crippen LogP contribution in [0.3, 0.4) is 0 Å². The van der Waals surface area contributed by atoms with Crippen LogP contribution in [0.4, 0.5) is 0 Å². The van der Waals surface area contributed by atoms with Crippen molar-refractivity contribution in [3.8, 4) is 11.4 Å². The zero-order valence-electron chi connectivity index (χ0n) is 17.5. The molecule has 0 atom stereocenters. The van der Waals surface area contributed by atoms with E-state index in [1.165, 1.54) is 35.8 Å². The van der Waals surface area contributed by atoms with Crippen molar-refractivity contribution in [2.75, 3.05) is 0 Å². The third-order valence-corrected chi connectivity index (χ3v) is 6.44. The lowest BCUT2D eigenvalue weighted by atomic mass is 9.81. The van der Waals surface area contributed by atoms with Crippen LogP contribution >= 0.6 is 0 Å². The second-order valence-electron chi connectivity index (χ2n) is 8.49. The summed E-state index contributed by atoms with van der Waals surface area (Å²) in [6.07, 6.45) is 8.62. The average Bonchev–Trinajstić information content (AvgIpc) is 3.21. The van der Waals surface area contributed by atoms with Crippen molar-refractivity contribution < 1.29 is 9.90 Å². The molecule has 2 heterocycles. The fourth-order valence-electron chi connectivity index (χ4n) is 5.04. The molecular formula is C27H26N2O2. The Morgan fingerprint density at radius 3 is 2.48 bits per heavy atom. The summed E-state index contributed by atoms with van der Waals surface area (Å²) < 4.78 is 0. The van der Waals surface area contributed by atoms with E-state index in [9.17, 15) is 9.90 Å². The summed E-state index contributed by atoms with van der Waals surface area (Å²) in [6, 6.07) is 19.9. The Kier molecular flexibility index (Phi) is 5.29.